The average molecular weight is 346 g/mol. The maximum absolute atomic E-state index is 12.0. The largest absolute Gasteiger partial charge is 0.296 e. The van der Waals surface area contributed by atoms with Crippen molar-refractivity contribution in [3.8, 4) is 0 Å². The van der Waals surface area contributed by atoms with E-state index in [-0.39, 0.29) is 16.9 Å². The van der Waals surface area contributed by atoms with Crippen molar-refractivity contribution in [2.24, 2.45) is 0 Å². The topological polar surface area (TPSA) is 43.4 Å². The molecule has 4 heteroatoms. The number of aryl methyl sites for hydroxylation is 1. The van der Waals surface area contributed by atoms with Crippen LogP contribution in [0.3, 0.4) is 0 Å². The molecule has 0 radical (unpaired) electrons. The Labute approximate surface area is 145 Å². The second kappa shape index (κ2) is 7.95. The molecule has 0 N–H and O–H groups in total. The molecule has 3 nitrogen and oxygen atoms in total. The summed E-state index contributed by atoms with van der Waals surface area (Å²) in [5.41, 5.74) is 2.69. The van der Waals surface area contributed by atoms with Gasteiger partial charge in [-0.3, -0.25) is 4.18 Å². The first-order chi connectivity index (χ1) is 11.3. The van der Waals surface area contributed by atoms with Gasteiger partial charge in [0, 0.05) is 0 Å². The lowest BCUT2D eigenvalue weighted by Crippen LogP contribution is -2.15. The highest BCUT2D eigenvalue weighted by Crippen LogP contribution is 2.27. The zero-order valence-corrected chi connectivity index (χ0v) is 15.5. The minimum atomic E-state index is -3.65. The standard InChI is InChI=1S/C20H26O3S/c1-4-20(2,3)18-12-8-10-17(16-18)11-9-15-23-24(21,22)19-13-6-5-7-14-19/h5-8,10,12-14,16H,4,9,11,15H2,1-3H3. The number of hydrogen-bond donors (Lipinski definition) is 0. The van der Waals surface area contributed by atoms with Gasteiger partial charge in [0.1, 0.15) is 0 Å². The summed E-state index contributed by atoms with van der Waals surface area (Å²) in [6.07, 6.45) is 2.55. The van der Waals surface area contributed by atoms with Crippen molar-refractivity contribution in [1.29, 1.82) is 0 Å². The molecule has 0 atom stereocenters. The Kier molecular flexibility index (Phi) is 6.19. The highest BCUT2D eigenvalue weighted by Gasteiger charge is 2.18. The average Bonchev–Trinajstić information content (AvgIpc) is 2.60. The van der Waals surface area contributed by atoms with Crippen LogP contribution in [-0.2, 0) is 26.1 Å². The van der Waals surface area contributed by atoms with Gasteiger partial charge < -0.3 is 0 Å². The zero-order valence-electron chi connectivity index (χ0n) is 14.7. The van der Waals surface area contributed by atoms with Crippen LogP contribution in [0.2, 0.25) is 0 Å². The van der Waals surface area contributed by atoms with Crippen molar-refractivity contribution in [1.82, 2.24) is 0 Å². The van der Waals surface area contributed by atoms with E-state index >= 15 is 0 Å². The van der Waals surface area contributed by atoms with Gasteiger partial charge >= 0.3 is 0 Å². The maximum atomic E-state index is 12.0. The molecule has 0 heterocycles. The molecule has 0 amide bonds. The van der Waals surface area contributed by atoms with Crippen LogP contribution in [0.4, 0.5) is 0 Å². The molecule has 0 aliphatic heterocycles. The van der Waals surface area contributed by atoms with Crippen molar-refractivity contribution in [3.05, 3.63) is 65.7 Å². The molecular formula is C20H26O3S. The molecule has 0 aromatic heterocycles. The molecule has 0 saturated heterocycles. The summed E-state index contributed by atoms with van der Waals surface area (Å²) in [5, 5.41) is 0. The lowest BCUT2D eigenvalue weighted by Gasteiger charge is -2.23. The van der Waals surface area contributed by atoms with Gasteiger partial charge in [0.05, 0.1) is 11.5 Å². The summed E-state index contributed by atoms with van der Waals surface area (Å²) < 4.78 is 29.2. The number of hydrogen-bond acceptors (Lipinski definition) is 3. The third kappa shape index (κ3) is 4.92. The van der Waals surface area contributed by atoms with E-state index in [1.807, 2.05) is 0 Å². The minimum absolute atomic E-state index is 0.156. The summed E-state index contributed by atoms with van der Waals surface area (Å²) in [7, 11) is -3.65. The highest BCUT2D eigenvalue weighted by molar-refractivity contribution is 7.86. The van der Waals surface area contributed by atoms with Gasteiger partial charge in [0.25, 0.3) is 10.1 Å². The fourth-order valence-corrected chi connectivity index (χ4v) is 3.42. The third-order valence-electron chi connectivity index (χ3n) is 4.47. The summed E-state index contributed by atoms with van der Waals surface area (Å²) in [6, 6.07) is 16.8. The molecule has 130 valence electrons. The van der Waals surface area contributed by atoms with E-state index in [0.717, 1.165) is 12.8 Å². The number of benzene rings is 2. The predicted molar refractivity (Wildman–Crippen MR) is 97.7 cm³/mol. The van der Waals surface area contributed by atoms with Gasteiger partial charge in [-0.1, -0.05) is 63.2 Å². The second-order valence-electron chi connectivity index (χ2n) is 6.63. The molecule has 2 aromatic carbocycles. The fourth-order valence-electron chi connectivity index (χ4n) is 2.45. The van der Waals surface area contributed by atoms with Gasteiger partial charge in [0.15, 0.2) is 0 Å². The van der Waals surface area contributed by atoms with Gasteiger partial charge in [0.2, 0.25) is 0 Å². The lowest BCUT2D eigenvalue weighted by molar-refractivity contribution is 0.312. The summed E-state index contributed by atoms with van der Waals surface area (Å²) in [4.78, 5) is 0.205. The van der Waals surface area contributed by atoms with Crippen LogP contribution in [0, 0.1) is 0 Å². The molecule has 0 fully saturated rings. The Bertz CT molecular complexity index is 749. The molecule has 0 aliphatic carbocycles. The fraction of sp³-hybridized carbons (Fsp3) is 0.400. The predicted octanol–water partition coefficient (Wildman–Crippen LogP) is 4.71. The van der Waals surface area contributed by atoms with Crippen LogP contribution in [0.1, 0.15) is 44.7 Å². The van der Waals surface area contributed by atoms with Crippen LogP contribution in [-0.4, -0.2) is 15.0 Å². The van der Waals surface area contributed by atoms with Crippen LogP contribution in [0.25, 0.3) is 0 Å². The van der Waals surface area contributed by atoms with Gasteiger partial charge in [-0.25, -0.2) is 0 Å². The minimum Gasteiger partial charge on any atom is -0.266 e. The van der Waals surface area contributed by atoms with Crippen molar-refractivity contribution in [3.63, 3.8) is 0 Å². The Morgan fingerprint density at radius 1 is 1.00 bits per heavy atom. The Hall–Kier alpha value is -1.65. The van der Waals surface area contributed by atoms with E-state index in [1.54, 1.807) is 30.3 Å². The van der Waals surface area contributed by atoms with Crippen LogP contribution >= 0.6 is 0 Å². The molecule has 2 rings (SSSR count). The second-order valence-corrected chi connectivity index (χ2v) is 8.25. The number of rotatable bonds is 8. The van der Waals surface area contributed by atoms with E-state index in [9.17, 15) is 8.42 Å². The van der Waals surface area contributed by atoms with Crippen molar-refractivity contribution < 1.29 is 12.6 Å². The Balaban J connectivity index is 1.90. The SMILES string of the molecule is CCC(C)(C)c1cccc(CCCOS(=O)(=O)c2ccccc2)c1. The summed E-state index contributed by atoms with van der Waals surface area (Å²) in [5.74, 6) is 0. The molecule has 24 heavy (non-hydrogen) atoms. The van der Waals surface area contributed by atoms with Gasteiger partial charge in [-0.2, -0.15) is 8.42 Å². The smallest absolute Gasteiger partial charge is 0.266 e. The molecule has 0 saturated carbocycles. The first kappa shape index (κ1) is 18.7. The van der Waals surface area contributed by atoms with E-state index in [1.165, 1.54) is 11.1 Å². The molecule has 0 spiro atoms. The monoisotopic (exact) mass is 346 g/mol. The molecule has 0 aliphatic rings. The summed E-state index contributed by atoms with van der Waals surface area (Å²) in [6.45, 7) is 6.86. The van der Waals surface area contributed by atoms with E-state index in [0.29, 0.717) is 6.42 Å². The first-order valence-electron chi connectivity index (χ1n) is 8.39. The Morgan fingerprint density at radius 3 is 2.38 bits per heavy atom. The highest BCUT2D eigenvalue weighted by atomic mass is 32.2. The zero-order chi connectivity index (χ0) is 17.6. The van der Waals surface area contributed by atoms with Crippen LogP contribution in [0.15, 0.2) is 59.5 Å². The molecule has 0 bridgehead atoms. The van der Waals surface area contributed by atoms with Crippen molar-refractivity contribution in [2.75, 3.05) is 6.61 Å². The van der Waals surface area contributed by atoms with Crippen molar-refractivity contribution >= 4 is 10.1 Å². The van der Waals surface area contributed by atoms with E-state index in [2.05, 4.69) is 45.0 Å². The lowest BCUT2D eigenvalue weighted by atomic mass is 9.81. The van der Waals surface area contributed by atoms with Crippen molar-refractivity contribution in [2.45, 2.75) is 50.3 Å². The first-order valence-corrected chi connectivity index (χ1v) is 9.80. The normalized spacial score (nSPS) is 12.3. The maximum Gasteiger partial charge on any atom is 0.296 e. The molecular weight excluding hydrogens is 320 g/mol. The van der Waals surface area contributed by atoms with E-state index < -0.39 is 10.1 Å². The van der Waals surface area contributed by atoms with Crippen LogP contribution in [0.5, 0.6) is 0 Å². The third-order valence-corrected chi connectivity index (χ3v) is 5.80. The molecule has 0 unspecified atom stereocenters. The van der Waals surface area contributed by atoms with Gasteiger partial charge in [-0.05, 0) is 47.9 Å². The van der Waals surface area contributed by atoms with Crippen LogP contribution < -0.4 is 0 Å². The Morgan fingerprint density at radius 2 is 1.71 bits per heavy atom. The quantitative estimate of drug-likeness (QED) is 0.513. The summed E-state index contributed by atoms with van der Waals surface area (Å²) >= 11 is 0. The van der Waals surface area contributed by atoms with Gasteiger partial charge in [-0.15, -0.1) is 0 Å². The van der Waals surface area contributed by atoms with E-state index in [4.69, 9.17) is 4.18 Å². The molecule has 2 aromatic rings.